The zero-order valence-corrected chi connectivity index (χ0v) is 32.4. The monoisotopic (exact) mass is 860 g/mol. The van der Waals surface area contributed by atoms with E-state index in [-0.39, 0.29) is 64.3 Å². The van der Waals surface area contributed by atoms with E-state index in [0.29, 0.717) is 0 Å². The van der Waals surface area contributed by atoms with Crippen molar-refractivity contribution in [2.75, 3.05) is 26.2 Å². The van der Waals surface area contributed by atoms with Gasteiger partial charge in [-0.15, -0.1) is 0 Å². The second-order valence-corrected chi connectivity index (χ2v) is 15.1. The van der Waals surface area contributed by atoms with E-state index in [1.807, 2.05) is 57.2 Å². The Bertz CT molecular complexity index is 1150. The van der Waals surface area contributed by atoms with Crippen LogP contribution >= 0.6 is 54.5 Å². The Labute approximate surface area is 312 Å². The molecule has 2 aromatic rings. The summed E-state index contributed by atoms with van der Waals surface area (Å²) in [4.78, 5) is 36.4. The number of ether oxygens (including phenoxy) is 2. The molecule has 0 spiro atoms. The van der Waals surface area contributed by atoms with E-state index in [9.17, 15) is 19.5 Å². The average Bonchev–Trinajstić information content (AvgIpc) is 2.86. The topological polar surface area (TPSA) is 96.4 Å². The smallest absolute Gasteiger partial charge is 0.444 e. The SMILES string of the molecule is Brc1ccc(I)cc1.C.CC(C)(C)OC(=O)N1CC(=O)C1.CC(C)(C)OC(=O)N1CC(O)(c2ccc(Br)cc2)C1.[CH2-]CCC.[Li+]. The first-order chi connectivity index (χ1) is 19.8. The van der Waals surface area contributed by atoms with Crippen LogP contribution in [0.5, 0.6) is 0 Å². The number of unbranched alkanes of at least 4 members (excludes halogenated alkanes) is 1. The summed E-state index contributed by atoms with van der Waals surface area (Å²) in [5, 5.41) is 10.4. The molecule has 248 valence electrons. The molecule has 0 saturated carbocycles. The molecule has 2 heterocycles. The molecule has 2 aliphatic rings. The molecule has 2 amide bonds. The van der Waals surface area contributed by atoms with Gasteiger partial charge in [0.1, 0.15) is 16.8 Å². The summed E-state index contributed by atoms with van der Waals surface area (Å²) in [6.45, 7) is 17.5. The van der Waals surface area contributed by atoms with Crippen molar-refractivity contribution in [2.45, 2.75) is 85.5 Å². The first kappa shape index (κ1) is 46.0. The van der Waals surface area contributed by atoms with Crippen LogP contribution in [0.2, 0.25) is 0 Å². The summed E-state index contributed by atoms with van der Waals surface area (Å²) >= 11 is 8.97. The second-order valence-electron chi connectivity index (χ2n) is 12.0. The predicted molar refractivity (Wildman–Crippen MR) is 193 cm³/mol. The second kappa shape index (κ2) is 21.0. The van der Waals surface area contributed by atoms with E-state index >= 15 is 0 Å². The number of amides is 2. The minimum atomic E-state index is -0.961. The summed E-state index contributed by atoms with van der Waals surface area (Å²) in [5.41, 5.74) is -1.13. The number of ketones is 1. The largest absolute Gasteiger partial charge is 1.00 e. The molecule has 1 N–H and O–H groups in total. The van der Waals surface area contributed by atoms with Crippen molar-refractivity contribution < 1.29 is 47.8 Å². The summed E-state index contributed by atoms with van der Waals surface area (Å²) in [5.74, 6) is 0.0841. The number of rotatable bonds is 2. The van der Waals surface area contributed by atoms with E-state index in [1.165, 1.54) is 19.8 Å². The van der Waals surface area contributed by atoms with Gasteiger partial charge in [-0.1, -0.05) is 64.8 Å². The van der Waals surface area contributed by atoms with Gasteiger partial charge in [0.05, 0.1) is 26.2 Å². The third-order valence-corrected chi connectivity index (χ3v) is 7.26. The fourth-order valence-electron chi connectivity index (χ4n) is 3.25. The summed E-state index contributed by atoms with van der Waals surface area (Å²) in [6, 6.07) is 15.7. The van der Waals surface area contributed by atoms with E-state index in [0.717, 1.165) is 20.9 Å². The van der Waals surface area contributed by atoms with E-state index in [4.69, 9.17) is 9.47 Å². The van der Waals surface area contributed by atoms with Gasteiger partial charge in [0, 0.05) is 12.5 Å². The van der Waals surface area contributed by atoms with Crippen molar-refractivity contribution in [3.63, 3.8) is 0 Å². The molecule has 2 aliphatic heterocycles. The fraction of sp³-hybridized carbons (Fsp3) is 0.515. The minimum Gasteiger partial charge on any atom is -0.444 e. The van der Waals surface area contributed by atoms with Crippen LogP contribution in [0, 0.1) is 10.5 Å². The number of nitrogens with zero attached hydrogens (tertiary/aromatic N) is 2. The average molecular weight is 862 g/mol. The molecule has 2 fully saturated rings. The molecule has 0 radical (unpaired) electrons. The van der Waals surface area contributed by atoms with Gasteiger partial charge in [-0.05, 0) is 106 Å². The molecule has 2 saturated heterocycles. The number of benzene rings is 2. The summed E-state index contributed by atoms with van der Waals surface area (Å²) in [6.07, 6.45) is 1.50. The Kier molecular flexibility index (Phi) is 21.5. The molecule has 0 aliphatic carbocycles. The fourth-order valence-corrected chi connectivity index (χ4v) is 4.14. The molecule has 0 aromatic heterocycles. The Morgan fingerprint density at radius 2 is 1.22 bits per heavy atom. The number of β-amino-alcohol motifs (C(OH)–C–C–N with tert-alkyl or cyclic N) is 1. The van der Waals surface area contributed by atoms with Crippen LogP contribution in [0.4, 0.5) is 9.59 Å². The molecule has 45 heavy (non-hydrogen) atoms. The van der Waals surface area contributed by atoms with Crippen molar-refractivity contribution in [1.82, 2.24) is 9.80 Å². The Morgan fingerprint density at radius 1 is 0.867 bits per heavy atom. The number of carbonyl (C=O) groups is 3. The van der Waals surface area contributed by atoms with Gasteiger partial charge in [-0.3, -0.25) is 9.69 Å². The van der Waals surface area contributed by atoms with Gasteiger partial charge in [-0.2, -0.15) is 6.42 Å². The van der Waals surface area contributed by atoms with Crippen LogP contribution < -0.4 is 18.9 Å². The van der Waals surface area contributed by atoms with Crippen molar-refractivity contribution in [1.29, 1.82) is 0 Å². The number of carbonyl (C=O) groups excluding carboxylic acids is 3. The normalized spacial score (nSPS) is 14.4. The maximum atomic E-state index is 11.8. The van der Waals surface area contributed by atoms with Crippen LogP contribution in [0.1, 0.15) is 74.3 Å². The van der Waals surface area contributed by atoms with Crippen LogP contribution in [0.15, 0.2) is 57.5 Å². The van der Waals surface area contributed by atoms with Crippen LogP contribution in [-0.2, 0) is 19.9 Å². The standard InChI is InChI=1S/C14H18BrNO3.C8H13NO3.C6H4BrI.C4H9.CH4.Li/c1-13(2,3)19-12(17)16-8-14(18,9-16)10-4-6-11(15)7-5-10;1-8(2,3)12-7(11)9-4-6(10)5-9;7-5-1-3-6(8)4-2-5;1-3-4-2;;/h4-7,18H,8-9H2,1-3H3;4-5H2,1-3H3;1-4H;1,3-4H2,2H3;1H4;/q;;;-1;;+1. The molecular weight excluding hydrogens is 814 g/mol. The number of aliphatic hydroxyl groups is 1. The van der Waals surface area contributed by atoms with Crippen LogP contribution in [0.25, 0.3) is 0 Å². The van der Waals surface area contributed by atoms with Crippen molar-refractivity contribution in [3.8, 4) is 0 Å². The molecule has 0 unspecified atom stereocenters. The number of Topliss-reactive ketones (excluding diaryl/α,β-unsaturated/α-hetero) is 1. The van der Waals surface area contributed by atoms with Crippen LogP contribution in [0.3, 0.4) is 0 Å². The summed E-state index contributed by atoms with van der Waals surface area (Å²) in [7, 11) is 0. The molecule has 0 bridgehead atoms. The third kappa shape index (κ3) is 18.7. The van der Waals surface area contributed by atoms with Crippen molar-refractivity contribution in [2.24, 2.45) is 0 Å². The Morgan fingerprint density at radius 3 is 1.53 bits per heavy atom. The quantitative estimate of drug-likeness (QED) is 0.226. The Balaban J connectivity index is 0. The predicted octanol–water partition coefficient (Wildman–Crippen LogP) is 6.01. The zero-order valence-electron chi connectivity index (χ0n) is 27.1. The van der Waals surface area contributed by atoms with Gasteiger partial charge in [0.15, 0.2) is 5.78 Å². The van der Waals surface area contributed by atoms with E-state index in [1.54, 1.807) is 20.8 Å². The maximum absolute atomic E-state index is 11.8. The number of hydrogen-bond donors (Lipinski definition) is 1. The zero-order chi connectivity index (χ0) is 33.0. The molecule has 2 aromatic carbocycles. The number of likely N-dealkylation sites (tertiary alicyclic amines) is 2. The molecule has 8 nitrogen and oxygen atoms in total. The van der Waals surface area contributed by atoms with E-state index in [2.05, 4.69) is 80.4 Å². The molecule has 12 heteroatoms. The first-order valence-corrected chi connectivity index (χ1v) is 16.6. The first-order valence-electron chi connectivity index (χ1n) is 13.9. The van der Waals surface area contributed by atoms with Gasteiger partial charge < -0.3 is 26.4 Å². The number of halogens is 3. The molecule has 0 atom stereocenters. The van der Waals surface area contributed by atoms with Gasteiger partial charge in [0.25, 0.3) is 0 Å². The van der Waals surface area contributed by atoms with E-state index < -0.39 is 22.9 Å². The number of hydrogen-bond acceptors (Lipinski definition) is 6. The minimum absolute atomic E-state index is 0. The van der Waals surface area contributed by atoms with Crippen molar-refractivity contribution >= 4 is 72.4 Å². The van der Waals surface area contributed by atoms with Crippen molar-refractivity contribution in [3.05, 3.63) is 73.5 Å². The molecule has 4 rings (SSSR count). The summed E-state index contributed by atoms with van der Waals surface area (Å²) < 4.78 is 13.7. The molecular formula is C33H48Br2ILiN2O6. The van der Waals surface area contributed by atoms with Crippen LogP contribution in [-0.4, -0.2) is 70.3 Å². The maximum Gasteiger partial charge on any atom is 1.00 e. The van der Waals surface area contributed by atoms with Gasteiger partial charge in [-0.25, -0.2) is 9.59 Å². The third-order valence-electron chi connectivity index (χ3n) is 5.48. The van der Waals surface area contributed by atoms with Gasteiger partial charge >= 0.3 is 31.0 Å². The Hall–Kier alpha value is -1.10. The van der Waals surface area contributed by atoms with Gasteiger partial charge in [0.2, 0.25) is 0 Å².